The number of thiazole rings is 1. The van der Waals surface area contributed by atoms with Gasteiger partial charge in [0.1, 0.15) is 19.0 Å². The molecule has 1 aromatic heterocycles. The molecule has 4 rings (SSSR count). The van der Waals surface area contributed by atoms with Gasteiger partial charge in [0.05, 0.1) is 50.1 Å². The summed E-state index contributed by atoms with van der Waals surface area (Å²) in [5.41, 5.74) is 1.32. The molecule has 0 bridgehead atoms. The van der Waals surface area contributed by atoms with Gasteiger partial charge in [-0.25, -0.2) is 4.98 Å². The number of aromatic nitrogens is 1. The molecule has 0 unspecified atom stereocenters. The van der Waals surface area contributed by atoms with Gasteiger partial charge in [-0.15, -0.1) is 0 Å². The first-order chi connectivity index (χ1) is 14.1. The summed E-state index contributed by atoms with van der Waals surface area (Å²) in [6.07, 6.45) is 0. The van der Waals surface area contributed by atoms with Gasteiger partial charge in [0.2, 0.25) is 0 Å². The summed E-state index contributed by atoms with van der Waals surface area (Å²) in [7, 11) is 5.70. The topological polar surface area (TPSA) is 65.3 Å². The maximum absolute atomic E-state index is 13.4. The van der Waals surface area contributed by atoms with Crippen LogP contribution in [0, 0.1) is 0 Å². The summed E-state index contributed by atoms with van der Waals surface area (Å²) in [5.74, 6) is 1.85. The first-order valence-electron chi connectivity index (χ1n) is 9.51. The van der Waals surface area contributed by atoms with Crippen LogP contribution in [-0.4, -0.2) is 58.4 Å². The molecule has 0 aliphatic carbocycles. The van der Waals surface area contributed by atoms with Crippen LogP contribution in [0.1, 0.15) is 10.4 Å². The number of nitrogens with one attached hydrogen (secondary N) is 1. The van der Waals surface area contributed by atoms with Crippen molar-refractivity contribution in [2.24, 2.45) is 0 Å². The quantitative estimate of drug-likeness (QED) is 0.667. The van der Waals surface area contributed by atoms with Crippen LogP contribution in [0.25, 0.3) is 10.2 Å². The van der Waals surface area contributed by atoms with Gasteiger partial charge >= 0.3 is 0 Å². The second-order valence-corrected chi connectivity index (χ2v) is 8.08. The number of carbonyl (C=O) groups is 1. The van der Waals surface area contributed by atoms with E-state index in [1.54, 1.807) is 24.1 Å². The highest BCUT2D eigenvalue weighted by Crippen LogP contribution is 2.39. The number of carbonyl (C=O) groups excluding carboxylic acids is 1. The van der Waals surface area contributed by atoms with Crippen molar-refractivity contribution in [2.45, 2.75) is 0 Å². The Morgan fingerprint density at radius 1 is 1.21 bits per heavy atom. The van der Waals surface area contributed by atoms with Crippen molar-refractivity contribution in [1.29, 1.82) is 0 Å². The average molecular weight is 415 g/mol. The largest absolute Gasteiger partial charge is 0.496 e. The number of hydrogen-bond acceptors (Lipinski definition) is 6. The zero-order chi connectivity index (χ0) is 20.4. The fourth-order valence-electron chi connectivity index (χ4n) is 3.15. The van der Waals surface area contributed by atoms with Crippen LogP contribution in [0.5, 0.6) is 17.2 Å². The Bertz CT molecular complexity index is 991. The van der Waals surface area contributed by atoms with Crippen LogP contribution >= 0.6 is 11.3 Å². The standard InChI is InChI=1S/C21H23N3O4S/c1-23(2)8-9-24(20(25)14-6-4-5-7-16(14)26-3)21-22-15-12-17-18(13-19(15)29-21)28-11-10-27-17/h4-7,12-13H,8-11H2,1-3H3/p+1. The third-order valence-corrected chi connectivity index (χ3v) is 5.73. The van der Waals surface area contributed by atoms with Gasteiger partial charge in [-0.3, -0.25) is 9.69 Å². The SMILES string of the molecule is COc1ccccc1C(=O)N(CC[NH+](C)C)c1nc2cc3c(cc2s1)OCCO3. The van der Waals surface area contributed by atoms with Crippen LogP contribution in [0.2, 0.25) is 0 Å². The number of benzene rings is 2. The summed E-state index contributed by atoms with van der Waals surface area (Å²) < 4.78 is 17.7. The Hall–Kier alpha value is -2.84. The Morgan fingerprint density at radius 2 is 1.93 bits per heavy atom. The molecule has 1 N–H and O–H groups in total. The number of quaternary nitrogens is 1. The highest BCUT2D eigenvalue weighted by atomic mass is 32.1. The van der Waals surface area contributed by atoms with Crippen molar-refractivity contribution in [3.8, 4) is 17.2 Å². The van der Waals surface area contributed by atoms with Crippen molar-refractivity contribution in [3.63, 3.8) is 0 Å². The van der Waals surface area contributed by atoms with Crippen molar-refractivity contribution >= 4 is 32.6 Å². The van der Waals surface area contributed by atoms with Gasteiger partial charge in [0, 0.05) is 12.1 Å². The molecule has 0 fully saturated rings. The number of nitrogens with zero attached hydrogens (tertiary/aromatic N) is 2. The smallest absolute Gasteiger partial charge is 0.264 e. The number of amides is 1. The molecule has 8 heteroatoms. The molecule has 2 aromatic carbocycles. The van der Waals surface area contributed by atoms with Crippen molar-refractivity contribution < 1.29 is 23.9 Å². The Morgan fingerprint density at radius 3 is 2.66 bits per heavy atom. The molecule has 0 spiro atoms. The van der Waals surface area contributed by atoms with E-state index in [9.17, 15) is 4.79 Å². The lowest BCUT2D eigenvalue weighted by Gasteiger charge is -2.21. The molecule has 0 saturated carbocycles. The normalized spacial score (nSPS) is 13.0. The number of fused-ring (bicyclic) bond motifs is 2. The first kappa shape index (κ1) is 19.5. The van der Waals surface area contributed by atoms with E-state index in [0.717, 1.165) is 22.5 Å². The molecule has 0 radical (unpaired) electrons. The van der Waals surface area contributed by atoms with Crippen LogP contribution in [-0.2, 0) is 0 Å². The summed E-state index contributed by atoms with van der Waals surface area (Å²) in [6, 6.07) is 11.1. The van der Waals surface area contributed by atoms with Crippen LogP contribution in [0.4, 0.5) is 5.13 Å². The Balaban J connectivity index is 1.73. The van der Waals surface area contributed by atoms with E-state index in [1.165, 1.54) is 16.2 Å². The van der Waals surface area contributed by atoms with Crippen LogP contribution in [0.15, 0.2) is 36.4 Å². The van der Waals surface area contributed by atoms with E-state index in [-0.39, 0.29) is 5.91 Å². The van der Waals surface area contributed by atoms with Crippen molar-refractivity contribution in [2.75, 3.05) is 52.4 Å². The second kappa shape index (κ2) is 8.26. The Labute approximate surface area is 173 Å². The molecule has 29 heavy (non-hydrogen) atoms. The number of likely N-dealkylation sites (N-methyl/N-ethyl adjacent to an activating group) is 1. The van der Waals surface area contributed by atoms with E-state index in [4.69, 9.17) is 19.2 Å². The third-order valence-electron chi connectivity index (χ3n) is 4.69. The predicted octanol–water partition coefficient (Wildman–Crippen LogP) is 1.87. The minimum absolute atomic E-state index is 0.125. The van der Waals surface area contributed by atoms with E-state index >= 15 is 0 Å². The fraction of sp³-hybridized carbons (Fsp3) is 0.333. The summed E-state index contributed by atoms with van der Waals surface area (Å²) in [4.78, 5) is 21.1. The van der Waals surface area contributed by atoms with Gasteiger partial charge in [-0.2, -0.15) is 0 Å². The molecule has 1 amide bonds. The number of hydrogen-bond donors (Lipinski definition) is 1. The fourth-order valence-corrected chi connectivity index (χ4v) is 4.15. The highest BCUT2D eigenvalue weighted by molar-refractivity contribution is 7.22. The molecule has 7 nitrogen and oxygen atoms in total. The maximum atomic E-state index is 13.4. The number of methoxy groups -OCH3 is 1. The zero-order valence-corrected chi connectivity index (χ0v) is 17.5. The van der Waals surface area contributed by atoms with Crippen molar-refractivity contribution in [1.82, 2.24) is 4.98 Å². The van der Waals surface area contributed by atoms with Crippen LogP contribution < -0.4 is 24.0 Å². The lowest BCUT2D eigenvalue weighted by atomic mass is 10.1. The van der Waals surface area contributed by atoms with Gasteiger partial charge in [0.15, 0.2) is 16.6 Å². The lowest BCUT2D eigenvalue weighted by molar-refractivity contribution is -0.856. The molecule has 2 heterocycles. The molecule has 0 saturated heterocycles. The summed E-state index contributed by atoms with van der Waals surface area (Å²) in [5, 5.41) is 0.652. The number of ether oxygens (including phenoxy) is 3. The molecular weight excluding hydrogens is 390 g/mol. The van der Waals surface area contributed by atoms with Crippen molar-refractivity contribution in [3.05, 3.63) is 42.0 Å². The summed E-state index contributed by atoms with van der Waals surface area (Å²) in [6.45, 7) is 2.40. The molecule has 0 atom stereocenters. The van der Waals surface area contributed by atoms with E-state index in [0.29, 0.717) is 42.0 Å². The average Bonchev–Trinajstić information content (AvgIpc) is 3.14. The van der Waals surface area contributed by atoms with E-state index < -0.39 is 0 Å². The van der Waals surface area contributed by atoms with E-state index in [2.05, 4.69) is 14.1 Å². The monoisotopic (exact) mass is 414 g/mol. The van der Waals surface area contributed by atoms with Crippen LogP contribution in [0.3, 0.4) is 0 Å². The lowest BCUT2D eigenvalue weighted by Crippen LogP contribution is -3.06. The number of anilines is 1. The zero-order valence-electron chi connectivity index (χ0n) is 16.7. The summed E-state index contributed by atoms with van der Waals surface area (Å²) >= 11 is 1.47. The van der Waals surface area contributed by atoms with Gasteiger partial charge in [-0.05, 0) is 12.1 Å². The maximum Gasteiger partial charge on any atom is 0.264 e. The van der Waals surface area contributed by atoms with Gasteiger partial charge < -0.3 is 19.1 Å². The molecule has 1 aliphatic rings. The molecule has 1 aliphatic heterocycles. The molecule has 152 valence electrons. The minimum atomic E-state index is -0.125. The third kappa shape index (κ3) is 3.99. The second-order valence-electron chi connectivity index (χ2n) is 7.07. The first-order valence-corrected chi connectivity index (χ1v) is 10.3. The van der Waals surface area contributed by atoms with Gasteiger partial charge in [-0.1, -0.05) is 23.5 Å². The minimum Gasteiger partial charge on any atom is -0.496 e. The number of rotatable bonds is 6. The molecular formula is C21H24N3O4S+. The predicted molar refractivity (Wildman–Crippen MR) is 113 cm³/mol. The van der Waals surface area contributed by atoms with E-state index in [1.807, 2.05) is 24.3 Å². The van der Waals surface area contributed by atoms with Gasteiger partial charge in [0.25, 0.3) is 5.91 Å². The molecule has 3 aromatic rings. The number of para-hydroxylation sites is 1. The highest BCUT2D eigenvalue weighted by Gasteiger charge is 2.25. The Kier molecular flexibility index (Phi) is 5.55.